The van der Waals surface area contributed by atoms with Crippen molar-refractivity contribution in [1.82, 2.24) is 0 Å². The summed E-state index contributed by atoms with van der Waals surface area (Å²) in [5, 5.41) is -0.798. The number of halogens is 3. The molecule has 0 spiro atoms. The van der Waals surface area contributed by atoms with Crippen molar-refractivity contribution in [1.29, 1.82) is 0 Å². The predicted octanol–water partition coefficient (Wildman–Crippen LogP) is 3.21. The largest absolute Gasteiger partial charge is 0.285 e. The van der Waals surface area contributed by atoms with E-state index in [2.05, 4.69) is 0 Å². The zero-order valence-electron chi connectivity index (χ0n) is 8.54. The molecule has 0 heterocycles. The van der Waals surface area contributed by atoms with Gasteiger partial charge in [0.15, 0.2) is 0 Å². The first-order chi connectivity index (χ1) is 6.75. The SMILES string of the molecule is CC(c1ccc(Cl)c(Cl)c1Cl)S(=O)(=O)O.[Na]. The normalized spacial score (nSPS) is 13.1. The Morgan fingerprint density at radius 3 is 2.12 bits per heavy atom. The fourth-order valence-corrected chi connectivity index (χ4v) is 2.30. The van der Waals surface area contributed by atoms with Crippen molar-refractivity contribution in [3.05, 3.63) is 32.8 Å². The summed E-state index contributed by atoms with van der Waals surface area (Å²) in [6.45, 7) is 1.31. The average Bonchev–Trinajstić information content (AvgIpc) is 2.12. The van der Waals surface area contributed by atoms with Crippen LogP contribution in [-0.4, -0.2) is 42.5 Å². The Bertz CT molecular complexity index is 490. The van der Waals surface area contributed by atoms with Gasteiger partial charge in [0.1, 0.15) is 5.25 Å². The molecule has 1 radical (unpaired) electrons. The van der Waals surface area contributed by atoms with Crippen LogP contribution in [0.4, 0.5) is 0 Å². The third-order valence-corrected chi connectivity index (χ3v) is 4.41. The minimum atomic E-state index is -4.19. The smallest absolute Gasteiger partial charge is 0.271 e. The van der Waals surface area contributed by atoms with E-state index in [1.807, 2.05) is 0 Å². The third-order valence-electron chi connectivity index (χ3n) is 1.95. The summed E-state index contributed by atoms with van der Waals surface area (Å²) in [6, 6.07) is 2.84. The molecule has 0 aliphatic rings. The van der Waals surface area contributed by atoms with Gasteiger partial charge in [-0.15, -0.1) is 0 Å². The molecule has 0 bridgehead atoms. The summed E-state index contributed by atoms with van der Waals surface area (Å²) < 4.78 is 30.7. The Labute approximate surface area is 131 Å². The van der Waals surface area contributed by atoms with Gasteiger partial charge in [-0.05, 0) is 18.6 Å². The fraction of sp³-hybridized carbons (Fsp3) is 0.250. The Hall–Kier alpha value is 1.000. The molecular formula is C8H7Cl3NaO3S. The maximum atomic E-state index is 10.9. The summed E-state index contributed by atoms with van der Waals surface area (Å²) in [6.07, 6.45) is 0. The Morgan fingerprint density at radius 1 is 1.19 bits per heavy atom. The number of hydrogen-bond donors (Lipinski definition) is 1. The fourth-order valence-electron chi connectivity index (χ4n) is 1.02. The molecule has 85 valence electrons. The van der Waals surface area contributed by atoms with E-state index in [9.17, 15) is 8.42 Å². The van der Waals surface area contributed by atoms with E-state index in [-0.39, 0.29) is 50.2 Å². The Balaban J connectivity index is 0.00000225. The molecule has 0 fully saturated rings. The van der Waals surface area contributed by atoms with Crippen LogP contribution in [0.1, 0.15) is 17.7 Å². The molecule has 1 N–H and O–H groups in total. The van der Waals surface area contributed by atoms with Crippen LogP contribution < -0.4 is 0 Å². The molecule has 1 unspecified atom stereocenters. The topological polar surface area (TPSA) is 54.4 Å². The maximum Gasteiger partial charge on any atom is 0.271 e. The van der Waals surface area contributed by atoms with E-state index in [4.69, 9.17) is 39.4 Å². The third kappa shape index (κ3) is 3.75. The van der Waals surface area contributed by atoms with Crippen molar-refractivity contribution in [3.63, 3.8) is 0 Å². The van der Waals surface area contributed by atoms with E-state index in [1.165, 1.54) is 19.1 Å². The van der Waals surface area contributed by atoms with Crippen molar-refractivity contribution in [3.8, 4) is 0 Å². The second-order valence-corrected chi connectivity index (χ2v) is 5.82. The summed E-state index contributed by atoms with van der Waals surface area (Å²) in [7, 11) is -4.19. The number of hydrogen-bond acceptors (Lipinski definition) is 2. The van der Waals surface area contributed by atoms with Gasteiger partial charge in [0.25, 0.3) is 10.1 Å². The second-order valence-electron chi connectivity index (χ2n) is 2.92. The molecule has 1 aromatic rings. The Kier molecular flexibility index (Phi) is 6.64. The first-order valence-corrected chi connectivity index (χ1v) is 6.48. The quantitative estimate of drug-likeness (QED) is 0.518. The van der Waals surface area contributed by atoms with Crippen LogP contribution in [-0.2, 0) is 10.1 Å². The van der Waals surface area contributed by atoms with Crippen LogP contribution in [0.3, 0.4) is 0 Å². The first kappa shape index (κ1) is 17.0. The molecule has 8 heteroatoms. The molecule has 1 atom stereocenters. The molecule has 0 amide bonds. The minimum Gasteiger partial charge on any atom is -0.285 e. The van der Waals surface area contributed by atoms with Gasteiger partial charge in [0.2, 0.25) is 0 Å². The first-order valence-electron chi connectivity index (χ1n) is 3.85. The van der Waals surface area contributed by atoms with E-state index in [0.29, 0.717) is 0 Å². The summed E-state index contributed by atoms with van der Waals surface area (Å²) in [5.41, 5.74) is 0.216. The number of rotatable bonds is 2. The zero-order chi connectivity index (χ0) is 11.8. The van der Waals surface area contributed by atoms with Crippen molar-refractivity contribution in [2.45, 2.75) is 12.2 Å². The molecule has 3 nitrogen and oxygen atoms in total. The van der Waals surface area contributed by atoms with E-state index < -0.39 is 15.4 Å². The van der Waals surface area contributed by atoms with Crippen LogP contribution in [0.25, 0.3) is 0 Å². The van der Waals surface area contributed by atoms with Gasteiger partial charge >= 0.3 is 0 Å². The Morgan fingerprint density at radius 2 is 1.69 bits per heavy atom. The van der Waals surface area contributed by atoms with Crippen LogP contribution in [0, 0.1) is 0 Å². The van der Waals surface area contributed by atoms with Gasteiger partial charge in [0, 0.05) is 29.6 Å². The van der Waals surface area contributed by atoms with Gasteiger partial charge in [-0.25, -0.2) is 0 Å². The van der Waals surface area contributed by atoms with Crippen molar-refractivity contribution in [2.24, 2.45) is 0 Å². The van der Waals surface area contributed by atoms with Crippen molar-refractivity contribution >= 4 is 74.5 Å². The van der Waals surface area contributed by atoms with Crippen molar-refractivity contribution in [2.75, 3.05) is 0 Å². The summed E-state index contributed by atoms with van der Waals surface area (Å²) in [5.74, 6) is 0. The molecule has 0 saturated carbocycles. The van der Waals surface area contributed by atoms with E-state index in [1.54, 1.807) is 0 Å². The molecule has 0 aromatic heterocycles. The van der Waals surface area contributed by atoms with Gasteiger partial charge in [-0.2, -0.15) is 8.42 Å². The van der Waals surface area contributed by atoms with E-state index in [0.717, 1.165) is 0 Å². The van der Waals surface area contributed by atoms with Gasteiger partial charge < -0.3 is 0 Å². The average molecular weight is 313 g/mol. The summed E-state index contributed by atoms with van der Waals surface area (Å²) >= 11 is 17.2. The molecule has 1 rings (SSSR count). The van der Waals surface area contributed by atoms with E-state index >= 15 is 0 Å². The molecule has 1 aromatic carbocycles. The van der Waals surface area contributed by atoms with Crippen LogP contribution >= 0.6 is 34.8 Å². The van der Waals surface area contributed by atoms with Crippen LogP contribution in [0.15, 0.2) is 12.1 Å². The predicted molar refractivity (Wildman–Crippen MR) is 67.2 cm³/mol. The molecule has 0 aliphatic carbocycles. The zero-order valence-corrected chi connectivity index (χ0v) is 13.6. The summed E-state index contributed by atoms with van der Waals surface area (Å²) in [4.78, 5) is 0. The van der Waals surface area contributed by atoms with Crippen LogP contribution in [0.2, 0.25) is 15.1 Å². The number of benzene rings is 1. The van der Waals surface area contributed by atoms with Gasteiger partial charge in [-0.3, -0.25) is 4.55 Å². The molecule has 0 saturated heterocycles. The van der Waals surface area contributed by atoms with Crippen LogP contribution in [0.5, 0.6) is 0 Å². The maximum absolute atomic E-state index is 10.9. The van der Waals surface area contributed by atoms with Gasteiger partial charge in [0.05, 0.1) is 15.1 Å². The van der Waals surface area contributed by atoms with Gasteiger partial charge in [-0.1, -0.05) is 40.9 Å². The molecule has 0 aliphatic heterocycles. The minimum absolute atomic E-state index is 0. The second kappa shape index (κ2) is 6.25. The standard InChI is InChI=1S/C8H7Cl3O3S.Na/c1-4(15(12,13)14)5-2-3-6(9)8(11)7(5)10;/h2-4H,1H3,(H,12,13,14);. The monoisotopic (exact) mass is 311 g/mol. The van der Waals surface area contributed by atoms with Crippen molar-refractivity contribution < 1.29 is 13.0 Å². The molecular weight excluding hydrogens is 306 g/mol. The molecule has 16 heavy (non-hydrogen) atoms.